The van der Waals surface area contributed by atoms with E-state index in [1.807, 2.05) is 30.3 Å². The van der Waals surface area contributed by atoms with Crippen molar-refractivity contribution in [3.05, 3.63) is 83.4 Å². The number of benzene rings is 3. The molecule has 0 bridgehead atoms. The molecule has 0 aliphatic heterocycles. The molecule has 0 unspecified atom stereocenters. The van der Waals surface area contributed by atoms with Gasteiger partial charge in [0.2, 0.25) is 0 Å². The maximum absolute atomic E-state index is 13.2. The lowest BCUT2D eigenvalue weighted by molar-refractivity contribution is 0.552. The van der Waals surface area contributed by atoms with Crippen LogP contribution in [0, 0.1) is 0 Å². The second-order valence-corrected chi connectivity index (χ2v) is 8.02. The molecule has 0 saturated heterocycles. The van der Waals surface area contributed by atoms with Crippen LogP contribution in [0.3, 0.4) is 0 Å². The van der Waals surface area contributed by atoms with Crippen molar-refractivity contribution in [2.75, 3.05) is 11.4 Å². The van der Waals surface area contributed by atoms with E-state index in [0.717, 1.165) is 30.9 Å². The van der Waals surface area contributed by atoms with Crippen LogP contribution in [0.25, 0.3) is 0 Å². The molecule has 8 heteroatoms. The van der Waals surface area contributed by atoms with Crippen molar-refractivity contribution in [2.24, 2.45) is 10.2 Å². The number of halogens is 2. The van der Waals surface area contributed by atoms with Crippen molar-refractivity contribution in [3.8, 4) is 0 Å². The van der Waals surface area contributed by atoms with Crippen molar-refractivity contribution in [1.82, 2.24) is 0 Å². The van der Waals surface area contributed by atoms with Crippen molar-refractivity contribution < 1.29 is 12.3 Å². The number of azo groups is 1. The minimum Gasteiger partial charge on any atom is -0.367 e. The van der Waals surface area contributed by atoms with E-state index in [0.29, 0.717) is 5.69 Å². The lowest BCUT2D eigenvalue weighted by Gasteiger charge is -2.23. The summed E-state index contributed by atoms with van der Waals surface area (Å²) in [6, 6.07) is 21.1. The number of hydrogen-bond acceptors (Lipinski definition) is 5. The molecule has 3 aromatic rings. The molecule has 0 amide bonds. The topological polar surface area (TPSA) is 62.1 Å². The van der Waals surface area contributed by atoms with Gasteiger partial charge in [0.05, 0.1) is 10.7 Å². The lowest BCUT2D eigenvalue weighted by Crippen LogP contribution is -2.21. The van der Waals surface area contributed by atoms with E-state index in [9.17, 15) is 12.3 Å². The molecule has 5 nitrogen and oxygen atoms in total. The zero-order valence-electron chi connectivity index (χ0n) is 15.7. The smallest absolute Gasteiger partial charge is 0.332 e. The summed E-state index contributed by atoms with van der Waals surface area (Å²) < 4.78 is 35.2. The van der Waals surface area contributed by atoms with Crippen LogP contribution in [0.4, 0.5) is 20.9 Å². The van der Waals surface area contributed by atoms with Crippen LogP contribution in [0.5, 0.6) is 0 Å². The Balaban J connectivity index is 1.77. The fraction of sp³-hybridized carbons (Fsp3) is 0.143. The van der Waals surface area contributed by atoms with Gasteiger partial charge < -0.3 is 4.90 Å². The van der Waals surface area contributed by atoms with Gasteiger partial charge in [-0.15, -0.1) is 9.00 Å². The summed E-state index contributed by atoms with van der Waals surface area (Å²) in [7, 11) is -4.83. The quantitative estimate of drug-likeness (QED) is 0.319. The van der Waals surface area contributed by atoms with Gasteiger partial charge in [-0.3, -0.25) is 0 Å². The Morgan fingerprint density at radius 2 is 1.66 bits per heavy atom. The molecule has 150 valence electrons. The highest BCUT2D eigenvalue weighted by Gasteiger charge is 2.14. The Morgan fingerprint density at radius 3 is 2.28 bits per heavy atom. The summed E-state index contributed by atoms with van der Waals surface area (Å²) in [6.07, 6.45) is 0. The van der Waals surface area contributed by atoms with Gasteiger partial charge in [0.25, 0.3) is 0 Å². The minimum absolute atomic E-state index is 0.0775. The van der Waals surface area contributed by atoms with Crippen molar-refractivity contribution in [3.63, 3.8) is 0 Å². The Morgan fingerprint density at radius 1 is 0.966 bits per heavy atom. The van der Waals surface area contributed by atoms with Crippen LogP contribution < -0.4 is 4.90 Å². The Bertz CT molecular complexity index is 1100. The van der Waals surface area contributed by atoms with E-state index in [-0.39, 0.29) is 10.7 Å². The molecular weight excluding hydrogens is 413 g/mol. The minimum atomic E-state index is -4.83. The normalized spacial score (nSPS) is 11.7. The van der Waals surface area contributed by atoms with Crippen LogP contribution >= 0.6 is 11.6 Å². The highest BCUT2D eigenvalue weighted by molar-refractivity contribution is 7.86. The third kappa shape index (κ3) is 5.62. The Kier molecular flexibility index (Phi) is 6.61. The van der Waals surface area contributed by atoms with Crippen LogP contribution in [-0.2, 0) is 16.8 Å². The van der Waals surface area contributed by atoms with E-state index >= 15 is 0 Å². The highest BCUT2D eigenvalue weighted by atomic mass is 35.5. The summed E-state index contributed by atoms with van der Waals surface area (Å²) in [5, 5.41) is 8.21. The summed E-state index contributed by atoms with van der Waals surface area (Å²) in [6.45, 7) is 3.72. The largest absolute Gasteiger partial charge is 0.367 e. The van der Waals surface area contributed by atoms with Gasteiger partial charge in [0, 0.05) is 18.8 Å². The van der Waals surface area contributed by atoms with E-state index in [2.05, 4.69) is 34.2 Å². The van der Waals surface area contributed by atoms with Gasteiger partial charge in [-0.1, -0.05) is 41.9 Å². The second-order valence-electron chi connectivity index (χ2n) is 6.27. The summed E-state index contributed by atoms with van der Waals surface area (Å²) in [5.41, 5.74) is 2.90. The lowest BCUT2D eigenvalue weighted by atomic mass is 10.2. The molecule has 0 saturated carbocycles. The Labute approximate surface area is 174 Å². The number of anilines is 1. The zero-order chi connectivity index (χ0) is 20.9. The SMILES string of the molecule is CCN(Cc1ccccc1)c1ccc(N=Nc2cc(S(=O)(=O)F)ccc2Cl)cc1. The average Bonchev–Trinajstić information content (AvgIpc) is 2.72. The number of nitrogens with zero attached hydrogens (tertiary/aromatic N) is 3. The van der Waals surface area contributed by atoms with E-state index < -0.39 is 15.1 Å². The number of hydrogen-bond donors (Lipinski definition) is 0. The predicted octanol–water partition coefficient (Wildman–Crippen LogP) is 6.44. The van der Waals surface area contributed by atoms with Crippen molar-refractivity contribution in [2.45, 2.75) is 18.4 Å². The maximum Gasteiger partial charge on any atom is 0.332 e. The van der Waals surface area contributed by atoms with Crippen molar-refractivity contribution >= 4 is 38.9 Å². The molecule has 3 aromatic carbocycles. The fourth-order valence-electron chi connectivity index (χ4n) is 2.75. The molecule has 0 radical (unpaired) electrons. The second kappa shape index (κ2) is 9.15. The molecule has 0 N–H and O–H groups in total. The highest BCUT2D eigenvalue weighted by Crippen LogP contribution is 2.30. The fourth-order valence-corrected chi connectivity index (χ4v) is 3.39. The van der Waals surface area contributed by atoms with Crippen molar-refractivity contribution in [1.29, 1.82) is 0 Å². The maximum atomic E-state index is 13.2. The predicted molar refractivity (Wildman–Crippen MR) is 114 cm³/mol. The van der Waals surface area contributed by atoms with Crippen LogP contribution in [0.2, 0.25) is 5.02 Å². The molecule has 0 fully saturated rings. The molecule has 0 aromatic heterocycles. The third-order valence-electron chi connectivity index (χ3n) is 4.29. The first-order valence-electron chi connectivity index (χ1n) is 8.91. The monoisotopic (exact) mass is 431 g/mol. The zero-order valence-corrected chi connectivity index (χ0v) is 17.2. The van der Waals surface area contributed by atoms with Gasteiger partial charge in [-0.2, -0.15) is 13.5 Å². The first-order chi connectivity index (χ1) is 13.9. The number of rotatable bonds is 7. The van der Waals surface area contributed by atoms with Crippen LogP contribution in [0.15, 0.2) is 87.9 Å². The molecule has 0 atom stereocenters. The molecule has 0 aliphatic rings. The average molecular weight is 432 g/mol. The van der Waals surface area contributed by atoms with Gasteiger partial charge in [0.15, 0.2) is 0 Å². The summed E-state index contributed by atoms with van der Waals surface area (Å²) in [5.74, 6) is 0. The Hall–Kier alpha value is -2.77. The van der Waals surface area contributed by atoms with Crippen LogP contribution in [-0.4, -0.2) is 15.0 Å². The summed E-state index contributed by atoms with van der Waals surface area (Å²) >= 11 is 6.00. The standard InChI is InChI=1S/C21H19ClFN3O2S/c1-2-26(15-16-6-4-3-5-7-16)18-10-8-17(9-11-18)24-25-21-14-19(29(23,27)28)12-13-20(21)22/h3-14H,2,15H2,1H3. The first-order valence-corrected chi connectivity index (χ1v) is 10.7. The molecule has 0 spiro atoms. The molecule has 0 aliphatic carbocycles. The first kappa shape index (κ1) is 21.0. The van der Waals surface area contributed by atoms with E-state index in [1.165, 1.54) is 11.6 Å². The van der Waals surface area contributed by atoms with Gasteiger partial charge >= 0.3 is 10.2 Å². The van der Waals surface area contributed by atoms with E-state index in [4.69, 9.17) is 11.6 Å². The van der Waals surface area contributed by atoms with Gasteiger partial charge in [-0.25, -0.2) is 0 Å². The summed E-state index contributed by atoms with van der Waals surface area (Å²) in [4.78, 5) is 1.72. The van der Waals surface area contributed by atoms with E-state index in [1.54, 1.807) is 12.1 Å². The molecule has 3 rings (SSSR count). The molecular formula is C21H19ClFN3O2S. The molecule has 0 heterocycles. The van der Waals surface area contributed by atoms with Gasteiger partial charge in [0.1, 0.15) is 10.6 Å². The third-order valence-corrected chi connectivity index (χ3v) is 5.42. The van der Waals surface area contributed by atoms with Crippen LogP contribution in [0.1, 0.15) is 12.5 Å². The molecule has 29 heavy (non-hydrogen) atoms. The van der Waals surface area contributed by atoms with Gasteiger partial charge in [-0.05, 0) is 55.0 Å².